The van der Waals surface area contributed by atoms with E-state index in [-0.39, 0.29) is 29.1 Å². The van der Waals surface area contributed by atoms with Gasteiger partial charge < -0.3 is 15.4 Å². The second-order valence-corrected chi connectivity index (χ2v) is 6.21. The van der Waals surface area contributed by atoms with Crippen LogP contribution in [0.4, 0.5) is 11.4 Å². The molecule has 7 heteroatoms. The normalized spacial score (nSPS) is 11.7. The molecule has 138 valence electrons. The van der Waals surface area contributed by atoms with Gasteiger partial charge in [-0.25, -0.2) is 0 Å². The predicted octanol–water partition coefficient (Wildman–Crippen LogP) is 3.77. The number of hydrogen-bond donors (Lipinski definition) is 2. The highest BCUT2D eigenvalue weighted by molar-refractivity contribution is 5.96. The SMILES string of the molecule is CNc1ccc(C(=O)NC(c2ccc(OC)cc2)C(C)C)cc1[N+](=O)[O-]. The molecule has 0 saturated heterocycles. The minimum Gasteiger partial charge on any atom is -0.497 e. The van der Waals surface area contributed by atoms with Gasteiger partial charge in [-0.3, -0.25) is 14.9 Å². The van der Waals surface area contributed by atoms with E-state index >= 15 is 0 Å². The Bertz CT molecular complexity index is 788. The fraction of sp³-hybridized carbons (Fsp3) is 0.316. The number of carbonyl (C=O) groups excluding carboxylic acids is 1. The van der Waals surface area contributed by atoms with Crippen LogP contribution in [0.5, 0.6) is 5.75 Å². The maximum absolute atomic E-state index is 12.7. The van der Waals surface area contributed by atoms with Crippen molar-refractivity contribution in [3.63, 3.8) is 0 Å². The van der Waals surface area contributed by atoms with Gasteiger partial charge >= 0.3 is 0 Å². The molecule has 1 atom stereocenters. The van der Waals surface area contributed by atoms with Crippen molar-refractivity contribution in [3.05, 3.63) is 63.7 Å². The molecule has 7 nitrogen and oxygen atoms in total. The molecule has 0 aromatic heterocycles. The summed E-state index contributed by atoms with van der Waals surface area (Å²) in [6.07, 6.45) is 0. The van der Waals surface area contributed by atoms with Crippen molar-refractivity contribution in [3.8, 4) is 5.75 Å². The molecule has 0 aliphatic heterocycles. The third kappa shape index (κ3) is 4.30. The number of nitrogens with zero attached hydrogens (tertiary/aromatic N) is 1. The minimum absolute atomic E-state index is 0.134. The molecule has 0 fully saturated rings. The Hall–Kier alpha value is -3.09. The summed E-state index contributed by atoms with van der Waals surface area (Å²) in [6, 6.07) is 11.6. The van der Waals surface area contributed by atoms with Gasteiger partial charge in [0.1, 0.15) is 11.4 Å². The summed E-state index contributed by atoms with van der Waals surface area (Å²) >= 11 is 0. The summed E-state index contributed by atoms with van der Waals surface area (Å²) in [5.74, 6) is 0.519. The van der Waals surface area contributed by atoms with Crippen LogP contribution in [0, 0.1) is 16.0 Å². The number of nitro groups is 1. The summed E-state index contributed by atoms with van der Waals surface area (Å²) in [7, 11) is 3.19. The number of rotatable bonds is 7. The molecular formula is C19H23N3O4. The van der Waals surface area contributed by atoms with Gasteiger partial charge in [-0.2, -0.15) is 0 Å². The molecule has 0 saturated carbocycles. The van der Waals surface area contributed by atoms with Gasteiger partial charge in [-0.15, -0.1) is 0 Å². The van der Waals surface area contributed by atoms with E-state index in [1.165, 1.54) is 12.1 Å². The molecule has 2 rings (SSSR count). The summed E-state index contributed by atoms with van der Waals surface area (Å²) in [4.78, 5) is 23.3. The van der Waals surface area contributed by atoms with Gasteiger partial charge in [-0.05, 0) is 35.7 Å². The first kappa shape index (κ1) is 19.2. The number of benzene rings is 2. The Morgan fingerprint density at radius 2 is 1.81 bits per heavy atom. The van der Waals surface area contributed by atoms with Gasteiger partial charge in [-0.1, -0.05) is 26.0 Å². The Kier molecular flexibility index (Phi) is 6.16. The highest BCUT2D eigenvalue weighted by Gasteiger charge is 2.22. The second kappa shape index (κ2) is 8.33. The van der Waals surface area contributed by atoms with Gasteiger partial charge in [0, 0.05) is 18.7 Å². The lowest BCUT2D eigenvalue weighted by molar-refractivity contribution is -0.384. The molecule has 0 aliphatic carbocycles. The van der Waals surface area contributed by atoms with E-state index in [2.05, 4.69) is 10.6 Å². The lowest BCUT2D eigenvalue weighted by Crippen LogP contribution is -2.31. The standard InChI is InChI=1S/C19H23N3O4/c1-12(2)18(13-5-8-15(26-4)9-6-13)21-19(23)14-7-10-16(20-3)17(11-14)22(24)25/h5-12,18,20H,1-4H3,(H,21,23). The number of carbonyl (C=O) groups is 1. The smallest absolute Gasteiger partial charge is 0.293 e. The Labute approximate surface area is 152 Å². The van der Waals surface area contributed by atoms with E-state index < -0.39 is 4.92 Å². The Balaban J connectivity index is 2.27. The van der Waals surface area contributed by atoms with Crippen LogP contribution in [-0.4, -0.2) is 25.0 Å². The lowest BCUT2D eigenvalue weighted by atomic mass is 9.95. The number of nitro benzene ring substituents is 1. The average Bonchev–Trinajstić information content (AvgIpc) is 2.65. The highest BCUT2D eigenvalue weighted by atomic mass is 16.6. The number of nitrogens with one attached hydrogen (secondary N) is 2. The van der Waals surface area contributed by atoms with Crippen LogP contribution >= 0.6 is 0 Å². The Morgan fingerprint density at radius 1 is 1.15 bits per heavy atom. The molecule has 2 N–H and O–H groups in total. The van der Waals surface area contributed by atoms with Crippen molar-refractivity contribution >= 4 is 17.3 Å². The van der Waals surface area contributed by atoms with Crippen LogP contribution in [-0.2, 0) is 0 Å². The Morgan fingerprint density at radius 3 is 2.31 bits per heavy atom. The van der Waals surface area contributed by atoms with Crippen LogP contribution < -0.4 is 15.4 Å². The molecule has 2 aromatic carbocycles. The molecule has 1 unspecified atom stereocenters. The molecule has 0 spiro atoms. The van der Waals surface area contributed by atoms with Gasteiger partial charge in [0.25, 0.3) is 11.6 Å². The van der Waals surface area contributed by atoms with Crippen LogP contribution in [0.2, 0.25) is 0 Å². The molecule has 26 heavy (non-hydrogen) atoms. The van der Waals surface area contributed by atoms with Crippen molar-refractivity contribution in [2.24, 2.45) is 5.92 Å². The third-order valence-corrected chi connectivity index (χ3v) is 4.15. The lowest BCUT2D eigenvalue weighted by Gasteiger charge is -2.23. The van der Waals surface area contributed by atoms with Crippen molar-refractivity contribution in [2.75, 3.05) is 19.5 Å². The van der Waals surface area contributed by atoms with E-state index in [0.717, 1.165) is 11.3 Å². The number of ether oxygens (including phenoxy) is 1. The molecule has 2 aromatic rings. The first-order valence-corrected chi connectivity index (χ1v) is 8.28. The van der Waals surface area contributed by atoms with Crippen LogP contribution in [0.1, 0.15) is 35.8 Å². The molecule has 0 bridgehead atoms. The summed E-state index contributed by atoms with van der Waals surface area (Å²) in [5, 5.41) is 16.9. The van der Waals surface area contributed by atoms with Crippen molar-refractivity contribution in [2.45, 2.75) is 19.9 Å². The zero-order chi connectivity index (χ0) is 19.3. The average molecular weight is 357 g/mol. The predicted molar refractivity (Wildman–Crippen MR) is 101 cm³/mol. The first-order chi connectivity index (χ1) is 12.4. The molecule has 1 amide bonds. The number of methoxy groups -OCH3 is 1. The fourth-order valence-corrected chi connectivity index (χ4v) is 2.71. The minimum atomic E-state index is -0.508. The van der Waals surface area contributed by atoms with Crippen molar-refractivity contribution < 1.29 is 14.5 Å². The van der Waals surface area contributed by atoms with E-state index in [1.807, 2.05) is 38.1 Å². The van der Waals surface area contributed by atoms with E-state index in [9.17, 15) is 14.9 Å². The second-order valence-electron chi connectivity index (χ2n) is 6.21. The van der Waals surface area contributed by atoms with E-state index in [4.69, 9.17) is 4.74 Å². The van der Waals surface area contributed by atoms with Crippen LogP contribution in [0.15, 0.2) is 42.5 Å². The fourth-order valence-electron chi connectivity index (χ4n) is 2.71. The van der Waals surface area contributed by atoms with Crippen molar-refractivity contribution in [1.82, 2.24) is 5.32 Å². The monoisotopic (exact) mass is 357 g/mol. The summed E-state index contributed by atoms with van der Waals surface area (Å²) in [6.45, 7) is 4.00. The molecule has 0 radical (unpaired) electrons. The first-order valence-electron chi connectivity index (χ1n) is 8.28. The molecular weight excluding hydrogens is 334 g/mol. The number of hydrogen-bond acceptors (Lipinski definition) is 5. The topological polar surface area (TPSA) is 93.5 Å². The van der Waals surface area contributed by atoms with Gasteiger partial charge in [0.15, 0.2) is 0 Å². The molecule has 0 aliphatic rings. The maximum Gasteiger partial charge on any atom is 0.293 e. The van der Waals surface area contributed by atoms with E-state index in [1.54, 1.807) is 20.2 Å². The quantitative estimate of drug-likeness (QED) is 0.581. The zero-order valence-electron chi connectivity index (χ0n) is 15.3. The van der Waals surface area contributed by atoms with Crippen LogP contribution in [0.3, 0.4) is 0 Å². The van der Waals surface area contributed by atoms with Gasteiger partial charge in [0.2, 0.25) is 0 Å². The summed E-state index contributed by atoms with van der Waals surface area (Å²) in [5.41, 5.74) is 1.41. The zero-order valence-corrected chi connectivity index (χ0v) is 15.3. The maximum atomic E-state index is 12.7. The van der Waals surface area contributed by atoms with Gasteiger partial charge in [0.05, 0.1) is 18.1 Å². The molecule has 0 heterocycles. The number of anilines is 1. The third-order valence-electron chi connectivity index (χ3n) is 4.15. The largest absolute Gasteiger partial charge is 0.497 e. The van der Waals surface area contributed by atoms with E-state index in [0.29, 0.717) is 5.69 Å². The highest BCUT2D eigenvalue weighted by Crippen LogP contribution is 2.27. The number of amides is 1. The van der Waals surface area contributed by atoms with Crippen molar-refractivity contribution in [1.29, 1.82) is 0 Å². The van der Waals surface area contributed by atoms with Crippen LogP contribution in [0.25, 0.3) is 0 Å². The summed E-state index contributed by atoms with van der Waals surface area (Å²) < 4.78 is 5.16.